The van der Waals surface area contributed by atoms with Crippen molar-refractivity contribution in [2.75, 3.05) is 0 Å². The number of hydrogen-bond donors (Lipinski definition) is 0. The minimum atomic E-state index is 0.682. The van der Waals surface area contributed by atoms with Gasteiger partial charge in [0.05, 0.1) is 0 Å². The smallest absolute Gasteiger partial charge is 0.0202 e. The van der Waals surface area contributed by atoms with Crippen LogP contribution in [0.5, 0.6) is 0 Å². The first-order valence-electron chi connectivity index (χ1n) is 4.55. The summed E-state index contributed by atoms with van der Waals surface area (Å²) < 4.78 is 0. The van der Waals surface area contributed by atoms with Gasteiger partial charge in [-0.2, -0.15) is 0 Å². The second-order valence-corrected chi connectivity index (χ2v) is 2.91. The van der Waals surface area contributed by atoms with Gasteiger partial charge in [-0.15, -0.1) is 6.58 Å². The molecule has 0 aliphatic rings. The standard InChI is InChI=1S/C11H20/c1-5-10(6-2)9-11(7-3)8-4/h5,7,10H,1,6,8-9H2,2-4H3. The normalized spacial score (nSPS) is 14.6. The second-order valence-electron chi connectivity index (χ2n) is 2.91. The first-order chi connectivity index (χ1) is 5.28. The largest absolute Gasteiger partial charge is 0.103 e. The van der Waals surface area contributed by atoms with E-state index < -0.39 is 0 Å². The van der Waals surface area contributed by atoms with Gasteiger partial charge < -0.3 is 0 Å². The zero-order valence-corrected chi connectivity index (χ0v) is 8.06. The van der Waals surface area contributed by atoms with Crippen molar-refractivity contribution in [3.8, 4) is 0 Å². The summed E-state index contributed by atoms with van der Waals surface area (Å²) in [5.74, 6) is 0.682. The third-order valence-corrected chi connectivity index (χ3v) is 2.24. The van der Waals surface area contributed by atoms with E-state index in [1.54, 1.807) is 5.57 Å². The van der Waals surface area contributed by atoms with Crippen molar-refractivity contribution in [1.29, 1.82) is 0 Å². The molecule has 0 amide bonds. The number of allylic oxidation sites excluding steroid dienone is 3. The maximum Gasteiger partial charge on any atom is -0.0202 e. The molecule has 0 aromatic rings. The predicted octanol–water partition coefficient (Wildman–Crippen LogP) is 3.95. The van der Waals surface area contributed by atoms with Gasteiger partial charge in [0.15, 0.2) is 0 Å². The van der Waals surface area contributed by atoms with Crippen LogP contribution in [0.3, 0.4) is 0 Å². The van der Waals surface area contributed by atoms with Gasteiger partial charge >= 0.3 is 0 Å². The van der Waals surface area contributed by atoms with E-state index in [1.165, 1.54) is 19.3 Å². The fourth-order valence-corrected chi connectivity index (χ4v) is 1.20. The molecule has 0 nitrogen and oxygen atoms in total. The van der Waals surface area contributed by atoms with Crippen molar-refractivity contribution in [2.24, 2.45) is 5.92 Å². The van der Waals surface area contributed by atoms with E-state index in [0.29, 0.717) is 5.92 Å². The Hall–Kier alpha value is -0.520. The molecule has 64 valence electrons. The summed E-state index contributed by atoms with van der Waals surface area (Å²) in [6.07, 6.45) is 7.89. The van der Waals surface area contributed by atoms with Crippen LogP contribution < -0.4 is 0 Å². The minimum Gasteiger partial charge on any atom is -0.103 e. The molecule has 0 N–H and O–H groups in total. The molecule has 0 rings (SSSR count). The number of hydrogen-bond acceptors (Lipinski definition) is 0. The van der Waals surface area contributed by atoms with Gasteiger partial charge in [0.1, 0.15) is 0 Å². The molecular weight excluding hydrogens is 132 g/mol. The van der Waals surface area contributed by atoms with E-state index in [0.717, 1.165) is 0 Å². The summed E-state index contributed by atoms with van der Waals surface area (Å²) in [6, 6.07) is 0. The summed E-state index contributed by atoms with van der Waals surface area (Å²) >= 11 is 0. The fraction of sp³-hybridized carbons (Fsp3) is 0.636. The quantitative estimate of drug-likeness (QED) is 0.523. The molecule has 0 heterocycles. The SMILES string of the molecule is C=CC(CC)CC(=CC)CC. The molecule has 0 bridgehead atoms. The van der Waals surface area contributed by atoms with Gasteiger partial charge in [-0.25, -0.2) is 0 Å². The predicted molar refractivity (Wildman–Crippen MR) is 52.6 cm³/mol. The zero-order valence-electron chi connectivity index (χ0n) is 8.06. The Morgan fingerprint density at radius 2 is 2.09 bits per heavy atom. The monoisotopic (exact) mass is 152 g/mol. The maximum atomic E-state index is 3.83. The molecule has 0 spiro atoms. The lowest BCUT2D eigenvalue weighted by Crippen LogP contribution is -1.95. The Bertz CT molecular complexity index is 131. The summed E-state index contributed by atoms with van der Waals surface area (Å²) in [6.45, 7) is 10.4. The van der Waals surface area contributed by atoms with Crippen LogP contribution in [0.2, 0.25) is 0 Å². The van der Waals surface area contributed by atoms with Gasteiger partial charge in [-0.05, 0) is 32.1 Å². The third-order valence-electron chi connectivity index (χ3n) is 2.24. The minimum absolute atomic E-state index is 0.682. The summed E-state index contributed by atoms with van der Waals surface area (Å²) in [7, 11) is 0. The van der Waals surface area contributed by atoms with Gasteiger partial charge in [0, 0.05) is 0 Å². The van der Waals surface area contributed by atoms with Gasteiger partial charge in [-0.1, -0.05) is 31.6 Å². The highest BCUT2D eigenvalue weighted by molar-refractivity contribution is 5.02. The van der Waals surface area contributed by atoms with E-state index in [2.05, 4.69) is 39.5 Å². The Morgan fingerprint density at radius 1 is 1.45 bits per heavy atom. The molecule has 1 atom stereocenters. The molecule has 0 saturated heterocycles. The lowest BCUT2D eigenvalue weighted by atomic mass is 9.95. The zero-order chi connectivity index (χ0) is 8.69. The Morgan fingerprint density at radius 3 is 2.36 bits per heavy atom. The first-order valence-corrected chi connectivity index (χ1v) is 4.55. The molecule has 0 radical (unpaired) electrons. The molecule has 0 aliphatic carbocycles. The molecule has 11 heavy (non-hydrogen) atoms. The van der Waals surface area contributed by atoms with Gasteiger partial charge in [0.25, 0.3) is 0 Å². The van der Waals surface area contributed by atoms with Crippen molar-refractivity contribution < 1.29 is 0 Å². The molecule has 1 unspecified atom stereocenters. The van der Waals surface area contributed by atoms with E-state index in [1.807, 2.05) is 0 Å². The third kappa shape index (κ3) is 4.02. The van der Waals surface area contributed by atoms with Crippen molar-refractivity contribution in [3.63, 3.8) is 0 Å². The van der Waals surface area contributed by atoms with Crippen LogP contribution in [-0.4, -0.2) is 0 Å². The Labute approximate surface area is 71.0 Å². The maximum absolute atomic E-state index is 3.83. The van der Waals surface area contributed by atoms with Crippen molar-refractivity contribution >= 4 is 0 Å². The van der Waals surface area contributed by atoms with Crippen LogP contribution in [-0.2, 0) is 0 Å². The fourth-order valence-electron chi connectivity index (χ4n) is 1.20. The van der Waals surface area contributed by atoms with E-state index in [9.17, 15) is 0 Å². The van der Waals surface area contributed by atoms with Crippen LogP contribution in [0.4, 0.5) is 0 Å². The lowest BCUT2D eigenvalue weighted by molar-refractivity contribution is 0.611. The van der Waals surface area contributed by atoms with Crippen LogP contribution >= 0.6 is 0 Å². The average Bonchev–Trinajstić information content (AvgIpc) is 2.07. The van der Waals surface area contributed by atoms with Gasteiger partial charge in [0.2, 0.25) is 0 Å². The van der Waals surface area contributed by atoms with Crippen LogP contribution in [0.25, 0.3) is 0 Å². The Kier molecular flexibility index (Phi) is 5.91. The molecule has 0 heteroatoms. The topological polar surface area (TPSA) is 0 Å². The highest BCUT2D eigenvalue weighted by atomic mass is 14.1. The van der Waals surface area contributed by atoms with E-state index in [-0.39, 0.29) is 0 Å². The average molecular weight is 152 g/mol. The first kappa shape index (κ1) is 10.5. The van der Waals surface area contributed by atoms with Crippen molar-refractivity contribution in [3.05, 3.63) is 24.3 Å². The van der Waals surface area contributed by atoms with Crippen molar-refractivity contribution in [2.45, 2.75) is 40.0 Å². The van der Waals surface area contributed by atoms with E-state index in [4.69, 9.17) is 0 Å². The van der Waals surface area contributed by atoms with E-state index >= 15 is 0 Å². The molecule has 0 saturated carbocycles. The number of rotatable bonds is 5. The molecule has 0 fully saturated rings. The van der Waals surface area contributed by atoms with Gasteiger partial charge in [-0.3, -0.25) is 0 Å². The highest BCUT2D eigenvalue weighted by Gasteiger charge is 2.02. The van der Waals surface area contributed by atoms with Crippen molar-refractivity contribution in [1.82, 2.24) is 0 Å². The molecule has 0 aliphatic heterocycles. The Balaban J connectivity index is 3.88. The molecular formula is C11H20. The second kappa shape index (κ2) is 6.21. The summed E-state index contributed by atoms with van der Waals surface area (Å²) in [4.78, 5) is 0. The summed E-state index contributed by atoms with van der Waals surface area (Å²) in [5, 5.41) is 0. The van der Waals surface area contributed by atoms with Crippen LogP contribution in [0, 0.1) is 5.92 Å². The van der Waals surface area contributed by atoms with Crippen LogP contribution in [0.15, 0.2) is 24.3 Å². The molecule has 0 aromatic carbocycles. The lowest BCUT2D eigenvalue weighted by Gasteiger charge is -2.10. The molecule has 0 aromatic heterocycles. The summed E-state index contributed by atoms with van der Waals surface area (Å²) in [5.41, 5.74) is 1.55. The van der Waals surface area contributed by atoms with Crippen LogP contribution in [0.1, 0.15) is 40.0 Å². The highest BCUT2D eigenvalue weighted by Crippen LogP contribution is 2.17.